The minimum atomic E-state index is -0.517. The van der Waals surface area contributed by atoms with Crippen LogP contribution in [0.1, 0.15) is 33.2 Å². The summed E-state index contributed by atoms with van der Waals surface area (Å²) in [5.74, 6) is -0.817. The molecule has 0 aromatic heterocycles. The predicted octanol–water partition coefficient (Wildman–Crippen LogP) is 6.01. The summed E-state index contributed by atoms with van der Waals surface area (Å²) in [5, 5.41) is 8.35. The molecular formula is C34H31N3O6S. The largest absolute Gasteiger partial charge is 0.497 e. The standard InChI is InChI=1S/C34H31N3O6S/c1-3-43-34(41)25-14-16-26(17-15-25)35-31(38)22-44-29-11-7-10-27(21-29)36-33(40)30(20-23-12-18-28(42-2)19-13-23)37-32(39)24-8-5-4-6-9-24/h4-21H,3,22H2,1-2H3,(H,35,38)(H,36,40)(H,37,39)/b30-20+. The molecule has 0 radical (unpaired) electrons. The second-order valence-electron chi connectivity index (χ2n) is 9.27. The van der Waals surface area contributed by atoms with E-state index in [0.29, 0.717) is 33.8 Å². The third-order valence-electron chi connectivity index (χ3n) is 6.10. The van der Waals surface area contributed by atoms with Gasteiger partial charge in [0.1, 0.15) is 11.4 Å². The summed E-state index contributed by atoms with van der Waals surface area (Å²) in [4.78, 5) is 51.4. The van der Waals surface area contributed by atoms with Crippen molar-refractivity contribution < 1.29 is 28.7 Å². The van der Waals surface area contributed by atoms with E-state index in [1.807, 2.05) is 6.07 Å². The molecular weight excluding hydrogens is 578 g/mol. The number of hydrogen-bond donors (Lipinski definition) is 3. The van der Waals surface area contributed by atoms with Crippen LogP contribution < -0.4 is 20.7 Å². The van der Waals surface area contributed by atoms with Crippen LogP contribution >= 0.6 is 11.8 Å². The van der Waals surface area contributed by atoms with Gasteiger partial charge in [0.2, 0.25) is 5.91 Å². The van der Waals surface area contributed by atoms with Gasteiger partial charge < -0.3 is 25.4 Å². The molecule has 3 N–H and O–H groups in total. The molecule has 10 heteroatoms. The van der Waals surface area contributed by atoms with Crippen LogP contribution in [0.2, 0.25) is 0 Å². The van der Waals surface area contributed by atoms with Crippen molar-refractivity contribution in [2.75, 3.05) is 30.1 Å². The molecule has 4 aromatic rings. The van der Waals surface area contributed by atoms with Gasteiger partial charge in [0, 0.05) is 21.8 Å². The van der Waals surface area contributed by atoms with Crippen molar-refractivity contribution in [1.82, 2.24) is 5.32 Å². The minimum Gasteiger partial charge on any atom is -0.497 e. The Morgan fingerprint density at radius 2 is 1.50 bits per heavy atom. The van der Waals surface area contributed by atoms with Crippen molar-refractivity contribution in [1.29, 1.82) is 0 Å². The monoisotopic (exact) mass is 609 g/mol. The second kappa shape index (κ2) is 15.8. The van der Waals surface area contributed by atoms with Crippen molar-refractivity contribution in [3.05, 3.63) is 126 Å². The van der Waals surface area contributed by atoms with Gasteiger partial charge in [0.05, 0.1) is 25.0 Å². The van der Waals surface area contributed by atoms with E-state index in [4.69, 9.17) is 9.47 Å². The highest BCUT2D eigenvalue weighted by molar-refractivity contribution is 8.00. The Balaban J connectivity index is 1.40. The maximum atomic E-state index is 13.4. The van der Waals surface area contributed by atoms with Crippen LogP contribution in [-0.4, -0.2) is 43.2 Å². The van der Waals surface area contributed by atoms with E-state index in [1.54, 1.807) is 117 Å². The molecule has 44 heavy (non-hydrogen) atoms. The lowest BCUT2D eigenvalue weighted by molar-refractivity contribution is -0.114. The Bertz CT molecular complexity index is 1640. The van der Waals surface area contributed by atoms with Gasteiger partial charge in [-0.2, -0.15) is 0 Å². The van der Waals surface area contributed by atoms with E-state index in [9.17, 15) is 19.2 Å². The quantitative estimate of drug-likeness (QED) is 0.102. The van der Waals surface area contributed by atoms with Gasteiger partial charge in [-0.25, -0.2) is 4.79 Å². The summed E-state index contributed by atoms with van der Waals surface area (Å²) >= 11 is 1.29. The number of anilines is 2. The average molecular weight is 610 g/mol. The van der Waals surface area contributed by atoms with E-state index in [1.165, 1.54) is 11.8 Å². The molecule has 4 rings (SSSR count). The Hall–Kier alpha value is -5.35. The third-order valence-corrected chi connectivity index (χ3v) is 7.09. The maximum absolute atomic E-state index is 13.4. The van der Waals surface area contributed by atoms with E-state index < -0.39 is 17.8 Å². The van der Waals surface area contributed by atoms with E-state index in [0.717, 1.165) is 4.90 Å². The first-order valence-corrected chi connectivity index (χ1v) is 14.7. The number of amides is 3. The average Bonchev–Trinajstić information content (AvgIpc) is 3.05. The molecule has 9 nitrogen and oxygen atoms in total. The molecule has 0 aliphatic carbocycles. The number of methoxy groups -OCH3 is 1. The van der Waals surface area contributed by atoms with Crippen LogP contribution in [-0.2, 0) is 14.3 Å². The fourth-order valence-corrected chi connectivity index (χ4v) is 4.68. The first-order chi connectivity index (χ1) is 21.3. The van der Waals surface area contributed by atoms with Gasteiger partial charge in [-0.15, -0.1) is 11.8 Å². The van der Waals surface area contributed by atoms with Crippen LogP contribution in [0.15, 0.2) is 114 Å². The van der Waals surface area contributed by atoms with E-state index >= 15 is 0 Å². The highest BCUT2D eigenvalue weighted by Crippen LogP contribution is 2.23. The van der Waals surface area contributed by atoms with Crippen LogP contribution in [0.3, 0.4) is 0 Å². The second-order valence-corrected chi connectivity index (χ2v) is 10.3. The summed E-state index contributed by atoms with van der Waals surface area (Å²) in [6.07, 6.45) is 1.58. The van der Waals surface area contributed by atoms with Crippen LogP contribution in [0.25, 0.3) is 6.08 Å². The molecule has 0 aliphatic heterocycles. The number of nitrogens with one attached hydrogen (secondary N) is 3. The summed E-state index contributed by atoms with van der Waals surface area (Å²) in [6.45, 7) is 2.02. The Labute approximate surface area is 259 Å². The van der Waals surface area contributed by atoms with Crippen molar-refractivity contribution >= 4 is 52.9 Å². The lowest BCUT2D eigenvalue weighted by atomic mass is 10.1. The zero-order valence-electron chi connectivity index (χ0n) is 24.2. The van der Waals surface area contributed by atoms with Crippen LogP contribution in [0.4, 0.5) is 11.4 Å². The number of ether oxygens (including phenoxy) is 2. The molecule has 0 bridgehead atoms. The fourth-order valence-electron chi connectivity index (χ4n) is 3.92. The molecule has 224 valence electrons. The first-order valence-electron chi connectivity index (χ1n) is 13.7. The Morgan fingerprint density at radius 1 is 0.773 bits per heavy atom. The van der Waals surface area contributed by atoms with Gasteiger partial charge in [0.15, 0.2) is 0 Å². The number of benzene rings is 4. The topological polar surface area (TPSA) is 123 Å². The summed E-state index contributed by atoms with van der Waals surface area (Å²) in [5.41, 5.74) is 2.60. The van der Waals surface area contributed by atoms with Crippen molar-refractivity contribution in [2.24, 2.45) is 0 Å². The van der Waals surface area contributed by atoms with Gasteiger partial charge in [-0.05, 0) is 85.3 Å². The molecule has 0 atom stereocenters. The third kappa shape index (κ3) is 9.33. The number of esters is 1. The highest BCUT2D eigenvalue weighted by Gasteiger charge is 2.16. The molecule has 0 spiro atoms. The van der Waals surface area contributed by atoms with Crippen LogP contribution in [0.5, 0.6) is 5.75 Å². The van der Waals surface area contributed by atoms with E-state index in [-0.39, 0.29) is 24.0 Å². The normalized spacial score (nSPS) is 10.8. The summed E-state index contributed by atoms with van der Waals surface area (Å²) < 4.78 is 10.2. The fraction of sp³-hybridized carbons (Fsp3) is 0.118. The lowest BCUT2D eigenvalue weighted by Gasteiger charge is -2.12. The predicted molar refractivity (Wildman–Crippen MR) is 172 cm³/mol. The molecule has 0 fully saturated rings. The number of rotatable bonds is 12. The summed E-state index contributed by atoms with van der Waals surface area (Å²) in [7, 11) is 1.57. The molecule has 0 saturated heterocycles. The SMILES string of the molecule is CCOC(=O)c1ccc(NC(=O)CSc2cccc(NC(=O)/C(=C\c3ccc(OC)cc3)NC(=O)c3ccccc3)c2)cc1. The molecule has 0 heterocycles. The first kappa shape index (κ1) is 31.6. The lowest BCUT2D eigenvalue weighted by Crippen LogP contribution is -2.30. The molecule has 4 aromatic carbocycles. The molecule has 0 unspecified atom stereocenters. The number of carbonyl (C=O) groups is 4. The van der Waals surface area contributed by atoms with Gasteiger partial charge in [-0.3, -0.25) is 14.4 Å². The minimum absolute atomic E-state index is 0.0513. The van der Waals surface area contributed by atoms with Gasteiger partial charge >= 0.3 is 5.97 Å². The highest BCUT2D eigenvalue weighted by atomic mass is 32.2. The number of carbonyl (C=O) groups excluding carboxylic acids is 4. The van der Waals surface area contributed by atoms with Gasteiger partial charge in [-0.1, -0.05) is 36.4 Å². The van der Waals surface area contributed by atoms with Gasteiger partial charge in [0.25, 0.3) is 11.8 Å². The summed E-state index contributed by atoms with van der Waals surface area (Å²) in [6, 6.07) is 29.2. The Morgan fingerprint density at radius 3 is 2.18 bits per heavy atom. The van der Waals surface area contributed by atoms with Crippen LogP contribution in [0, 0.1) is 0 Å². The number of thioether (sulfide) groups is 1. The van der Waals surface area contributed by atoms with Crippen molar-refractivity contribution in [3.8, 4) is 5.75 Å². The number of hydrogen-bond acceptors (Lipinski definition) is 7. The smallest absolute Gasteiger partial charge is 0.338 e. The zero-order chi connectivity index (χ0) is 31.3. The maximum Gasteiger partial charge on any atom is 0.338 e. The molecule has 0 saturated carbocycles. The molecule has 0 aliphatic rings. The van der Waals surface area contributed by atoms with Crippen molar-refractivity contribution in [3.63, 3.8) is 0 Å². The molecule has 3 amide bonds. The van der Waals surface area contributed by atoms with Crippen molar-refractivity contribution in [2.45, 2.75) is 11.8 Å². The zero-order valence-corrected chi connectivity index (χ0v) is 25.0. The Kier molecular flexibility index (Phi) is 11.3. The van der Waals surface area contributed by atoms with E-state index in [2.05, 4.69) is 16.0 Å².